The number of benzene rings is 1. The molecule has 0 saturated heterocycles. The van der Waals surface area contributed by atoms with Crippen molar-refractivity contribution in [1.29, 1.82) is 0 Å². The summed E-state index contributed by atoms with van der Waals surface area (Å²) in [6, 6.07) is 10.4. The zero-order valence-electron chi connectivity index (χ0n) is 11.2. The van der Waals surface area contributed by atoms with Gasteiger partial charge in [-0.1, -0.05) is 30.3 Å². The average molecular weight is 254 g/mol. The normalized spacial score (nSPS) is 9.79. The molecule has 0 bridgehead atoms. The lowest BCUT2D eigenvalue weighted by Crippen LogP contribution is -1.99. The standard InChI is InChI=1S/C11H12N2.C4H6N2/c1-10-12-7-8-13(10)9-11-5-3-2-4-6-11;1-4-2-5-3-6-4/h2-8H,9H2,1H3;2-3H,1H3,(H,5,6). The molecule has 0 atom stereocenters. The molecule has 0 aliphatic rings. The maximum atomic E-state index is 4.18. The van der Waals surface area contributed by atoms with Gasteiger partial charge in [0, 0.05) is 30.8 Å². The summed E-state index contributed by atoms with van der Waals surface area (Å²) in [6.07, 6.45) is 7.27. The van der Waals surface area contributed by atoms with E-state index >= 15 is 0 Å². The highest BCUT2D eigenvalue weighted by Gasteiger charge is 1.96. The summed E-state index contributed by atoms with van der Waals surface area (Å²) >= 11 is 0. The highest BCUT2D eigenvalue weighted by atomic mass is 15.0. The summed E-state index contributed by atoms with van der Waals surface area (Å²) in [6.45, 7) is 4.89. The summed E-state index contributed by atoms with van der Waals surface area (Å²) < 4.78 is 2.13. The third-order valence-electron chi connectivity index (χ3n) is 2.75. The number of aromatic amines is 1. The van der Waals surface area contributed by atoms with Crippen LogP contribution in [0.15, 0.2) is 55.2 Å². The summed E-state index contributed by atoms with van der Waals surface area (Å²) in [5.41, 5.74) is 2.42. The Balaban J connectivity index is 0.000000186. The molecule has 2 aromatic heterocycles. The van der Waals surface area contributed by atoms with Crippen LogP contribution in [0.2, 0.25) is 0 Å². The molecule has 3 aromatic rings. The van der Waals surface area contributed by atoms with Crippen molar-refractivity contribution in [3.05, 3.63) is 72.3 Å². The van der Waals surface area contributed by atoms with E-state index in [9.17, 15) is 0 Å². The lowest BCUT2D eigenvalue weighted by molar-refractivity contribution is 0.762. The zero-order chi connectivity index (χ0) is 13.5. The van der Waals surface area contributed by atoms with Crippen molar-refractivity contribution in [2.24, 2.45) is 0 Å². The van der Waals surface area contributed by atoms with Gasteiger partial charge in [-0.25, -0.2) is 9.97 Å². The van der Waals surface area contributed by atoms with Crippen LogP contribution in [0.1, 0.15) is 17.1 Å². The molecule has 19 heavy (non-hydrogen) atoms. The van der Waals surface area contributed by atoms with E-state index in [0.29, 0.717) is 0 Å². The Kier molecular flexibility index (Phi) is 4.50. The maximum Gasteiger partial charge on any atom is 0.105 e. The molecule has 2 heterocycles. The lowest BCUT2D eigenvalue weighted by Gasteiger charge is -2.03. The van der Waals surface area contributed by atoms with Crippen molar-refractivity contribution in [2.75, 3.05) is 0 Å². The fourth-order valence-electron chi connectivity index (χ4n) is 1.68. The molecule has 0 radical (unpaired) electrons. The quantitative estimate of drug-likeness (QED) is 0.764. The van der Waals surface area contributed by atoms with Crippen LogP contribution in [0.4, 0.5) is 0 Å². The fraction of sp³-hybridized carbons (Fsp3) is 0.200. The maximum absolute atomic E-state index is 4.18. The molecule has 0 aliphatic carbocycles. The van der Waals surface area contributed by atoms with Crippen LogP contribution < -0.4 is 0 Å². The molecule has 0 fully saturated rings. The van der Waals surface area contributed by atoms with Crippen LogP contribution in [-0.4, -0.2) is 19.5 Å². The average Bonchev–Trinajstić information content (AvgIpc) is 3.04. The lowest BCUT2D eigenvalue weighted by atomic mass is 10.2. The fourth-order valence-corrected chi connectivity index (χ4v) is 1.68. The smallest absolute Gasteiger partial charge is 0.105 e. The van der Waals surface area contributed by atoms with Gasteiger partial charge in [-0.2, -0.15) is 0 Å². The van der Waals surface area contributed by atoms with Crippen molar-refractivity contribution < 1.29 is 0 Å². The van der Waals surface area contributed by atoms with E-state index < -0.39 is 0 Å². The van der Waals surface area contributed by atoms with Gasteiger partial charge in [0.15, 0.2) is 0 Å². The second-order valence-corrected chi connectivity index (χ2v) is 4.32. The number of nitrogens with one attached hydrogen (secondary N) is 1. The number of nitrogens with zero attached hydrogens (tertiary/aromatic N) is 3. The van der Waals surface area contributed by atoms with E-state index in [1.165, 1.54) is 5.56 Å². The Morgan fingerprint density at radius 2 is 1.95 bits per heavy atom. The number of rotatable bonds is 2. The first kappa shape index (κ1) is 13.1. The Morgan fingerprint density at radius 3 is 2.42 bits per heavy atom. The monoisotopic (exact) mass is 254 g/mol. The van der Waals surface area contributed by atoms with E-state index in [4.69, 9.17) is 0 Å². The Morgan fingerprint density at radius 1 is 1.16 bits per heavy atom. The van der Waals surface area contributed by atoms with Crippen molar-refractivity contribution in [3.8, 4) is 0 Å². The van der Waals surface area contributed by atoms with Gasteiger partial charge in [0.25, 0.3) is 0 Å². The highest BCUT2D eigenvalue weighted by molar-refractivity contribution is 5.15. The Labute approximate surface area is 113 Å². The van der Waals surface area contributed by atoms with Crippen LogP contribution in [-0.2, 0) is 6.54 Å². The van der Waals surface area contributed by atoms with Crippen molar-refractivity contribution in [1.82, 2.24) is 19.5 Å². The van der Waals surface area contributed by atoms with Crippen LogP contribution in [0.25, 0.3) is 0 Å². The van der Waals surface area contributed by atoms with Gasteiger partial charge < -0.3 is 9.55 Å². The van der Waals surface area contributed by atoms with Gasteiger partial charge in [0.2, 0.25) is 0 Å². The summed E-state index contributed by atoms with van der Waals surface area (Å²) in [5.74, 6) is 1.06. The number of hydrogen-bond donors (Lipinski definition) is 1. The molecular formula is C15H18N4. The van der Waals surface area contributed by atoms with Gasteiger partial charge >= 0.3 is 0 Å². The molecule has 0 spiro atoms. The topological polar surface area (TPSA) is 46.5 Å². The highest BCUT2D eigenvalue weighted by Crippen LogP contribution is 2.03. The number of H-pyrrole nitrogens is 1. The van der Waals surface area contributed by atoms with Crippen molar-refractivity contribution in [2.45, 2.75) is 20.4 Å². The van der Waals surface area contributed by atoms with E-state index in [1.54, 1.807) is 12.5 Å². The predicted molar refractivity (Wildman–Crippen MR) is 75.8 cm³/mol. The second-order valence-electron chi connectivity index (χ2n) is 4.32. The number of aryl methyl sites for hydroxylation is 2. The molecule has 4 heteroatoms. The van der Waals surface area contributed by atoms with Crippen LogP contribution >= 0.6 is 0 Å². The molecule has 0 aliphatic heterocycles. The van der Waals surface area contributed by atoms with Gasteiger partial charge in [-0.15, -0.1) is 0 Å². The van der Waals surface area contributed by atoms with Gasteiger partial charge in [-0.3, -0.25) is 0 Å². The van der Waals surface area contributed by atoms with Crippen LogP contribution in [0.5, 0.6) is 0 Å². The minimum atomic E-state index is 0.909. The molecule has 1 N–H and O–H groups in total. The molecule has 98 valence electrons. The van der Waals surface area contributed by atoms with E-state index in [0.717, 1.165) is 18.1 Å². The van der Waals surface area contributed by atoms with Crippen molar-refractivity contribution >= 4 is 0 Å². The molecular weight excluding hydrogens is 236 g/mol. The second kappa shape index (κ2) is 6.54. The number of imidazole rings is 2. The third kappa shape index (κ3) is 4.10. The first-order chi connectivity index (χ1) is 9.25. The molecule has 4 nitrogen and oxygen atoms in total. The first-order valence-corrected chi connectivity index (χ1v) is 6.22. The first-order valence-electron chi connectivity index (χ1n) is 6.22. The van der Waals surface area contributed by atoms with E-state index in [2.05, 4.69) is 43.8 Å². The van der Waals surface area contributed by atoms with Crippen molar-refractivity contribution in [3.63, 3.8) is 0 Å². The van der Waals surface area contributed by atoms with E-state index in [-0.39, 0.29) is 0 Å². The van der Waals surface area contributed by atoms with Crippen LogP contribution in [0.3, 0.4) is 0 Å². The summed E-state index contributed by atoms with van der Waals surface area (Å²) in [5, 5.41) is 0. The summed E-state index contributed by atoms with van der Waals surface area (Å²) in [7, 11) is 0. The molecule has 3 rings (SSSR count). The Hall–Kier alpha value is -2.36. The van der Waals surface area contributed by atoms with Crippen LogP contribution in [0, 0.1) is 13.8 Å². The minimum absolute atomic E-state index is 0.909. The minimum Gasteiger partial charge on any atom is -0.349 e. The van der Waals surface area contributed by atoms with Gasteiger partial charge in [0.1, 0.15) is 5.82 Å². The van der Waals surface area contributed by atoms with Gasteiger partial charge in [0.05, 0.1) is 6.33 Å². The van der Waals surface area contributed by atoms with E-state index in [1.807, 2.05) is 32.3 Å². The molecule has 0 saturated carbocycles. The van der Waals surface area contributed by atoms with Gasteiger partial charge in [-0.05, 0) is 19.4 Å². The third-order valence-corrected chi connectivity index (χ3v) is 2.75. The Bertz CT molecular complexity index is 582. The molecule has 1 aromatic carbocycles. The largest absolute Gasteiger partial charge is 0.349 e. The zero-order valence-corrected chi connectivity index (χ0v) is 11.2. The SMILES string of the molecule is Cc1cnc[nH]1.Cc1nccn1Cc1ccccc1. The molecule has 0 unspecified atom stereocenters. The number of hydrogen-bond acceptors (Lipinski definition) is 2. The molecule has 0 amide bonds. The number of aromatic nitrogens is 4. The predicted octanol–water partition coefficient (Wildman–Crippen LogP) is 2.96. The summed E-state index contributed by atoms with van der Waals surface area (Å²) in [4.78, 5) is 10.8.